The maximum Gasteiger partial charge on any atom is 0.206 e. The maximum atomic E-state index is 13.6. The van der Waals surface area contributed by atoms with Gasteiger partial charge >= 0.3 is 0 Å². The normalized spacial score (nSPS) is 12.1. The van der Waals surface area contributed by atoms with Gasteiger partial charge in [-0.2, -0.15) is 0 Å². The Kier molecular flexibility index (Phi) is 13.7. The second-order valence-electron chi connectivity index (χ2n) is 17.5. The molecule has 0 radical (unpaired) electrons. The lowest BCUT2D eigenvalue weighted by atomic mass is 9.74. The topological polar surface area (TPSA) is 71.1 Å². The SMILES string of the molecule is CCC(C)(CC)Oc1ccc(Oc2ccc(Oc3ccc(Oc4ccc(S(=O)(=O)c5ccc(-c6ccc(C(C)(C)c7ccc(C(C)(CC)CC)cc7)cc6)cc5)cc4)cc3)cc2)cc1. The maximum absolute atomic E-state index is 13.6. The van der Waals surface area contributed by atoms with Gasteiger partial charge in [-0.25, -0.2) is 8.42 Å². The molecular formula is C57H60O6S. The Morgan fingerprint density at radius 1 is 0.359 bits per heavy atom. The summed E-state index contributed by atoms with van der Waals surface area (Å²) in [5.41, 5.74) is 5.69. The molecule has 7 aromatic carbocycles. The molecule has 0 aliphatic heterocycles. The van der Waals surface area contributed by atoms with Crippen molar-refractivity contribution in [1.82, 2.24) is 0 Å². The zero-order valence-corrected chi connectivity index (χ0v) is 39.2. The number of hydrogen-bond donors (Lipinski definition) is 0. The molecule has 7 rings (SSSR count). The number of sulfone groups is 1. The van der Waals surface area contributed by atoms with Crippen LogP contribution in [0.1, 0.15) is 97.8 Å². The molecule has 0 heterocycles. The van der Waals surface area contributed by atoms with Crippen LogP contribution in [0.5, 0.6) is 40.2 Å². The summed E-state index contributed by atoms with van der Waals surface area (Å²) in [4.78, 5) is 0.421. The molecule has 0 bridgehead atoms. The van der Waals surface area contributed by atoms with Gasteiger partial charge in [0.1, 0.15) is 45.8 Å². The third-order valence-corrected chi connectivity index (χ3v) is 14.9. The van der Waals surface area contributed by atoms with E-state index >= 15 is 0 Å². The van der Waals surface area contributed by atoms with E-state index in [0.717, 1.165) is 48.3 Å². The third-order valence-electron chi connectivity index (χ3n) is 13.1. The molecule has 0 atom stereocenters. The molecule has 7 heteroatoms. The van der Waals surface area contributed by atoms with Crippen LogP contribution >= 0.6 is 0 Å². The van der Waals surface area contributed by atoms with Crippen LogP contribution in [0.3, 0.4) is 0 Å². The Morgan fingerprint density at radius 3 is 0.984 bits per heavy atom. The lowest BCUT2D eigenvalue weighted by Crippen LogP contribution is -2.30. The quantitative estimate of drug-likeness (QED) is 0.0855. The molecule has 330 valence electrons. The summed E-state index contributed by atoms with van der Waals surface area (Å²) in [6, 6.07) is 53.6. The van der Waals surface area contributed by atoms with Gasteiger partial charge in [0, 0.05) is 5.41 Å². The number of ether oxygens (including phenoxy) is 4. The first-order chi connectivity index (χ1) is 30.7. The van der Waals surface area contributed by atoms with Crippen molar-refractivity contribution in [1.29, 1.82) is 0 Å². The van der Waals surface area contributed by atoms with Gasteiger partial charge in [-0.1, -0.05) is 109 Å². The summed E-state index contributed by atoms with van der Waals surface area (Å²) in [5.74, 6) is 4.63. The lowest BCUT2D eigenvalue weighted by Gasteiger charge is -2.30. The average molecular weight is 873 g/mol. The summed E-state index contributed by atoms with van der Waals surface area (Å²) < 4.78 is 51.6. The third kappa shape index (κ3) is 10.4. The first-order valence-corrected chi connectivity index (χ1v) is 23.8. The molecule has 0 aliphatic carbocycles. The summed E-state index contributed by atoms with van der Waals surface area (Å²) in [6.45, 7) is 17.8. The molecule has 0 saturated carbocycles. The molecule has 0 aliphatic rings. The van der Waals surface area contributed by atoms with Crippen LogP contribution in [0, 0.1) is 0 Å². The molecular weight excluding hydrogens is 813 g/mol. The minimum absolute atomic E-state index is 0.173. The fourth-order valence-corrected chi connectivity index (χ4v) is 8.92. The lowest BCUT2D eigenvalue weighted by molar-refractivity contribution is 0.0802. The highest BCUT2D eigenvalue weighted by Crippen LogP contribution is 2.37. The van der Waals surface area contributed by atoms with E-state index in [9.17, 15) is 8.42 Å². The Labute approximate surface area is 380 Å². The van der Waals surface area contributed by atoms with Gasteiger partial charge in [-0.15, -0.1) is 0 Å². The summed E-state index contributed by atoms with van der Waals surface area (Å²) in [5, 5.41) is 0. The van der Waals surface area contributed by atoms with Crippen LogP contribution in [0.25, 0.3) is 11.1 Å². The average Bonchev–Trinajstić information content (AvgIpc) is 3.33. The minimum Gasteiger partial charge on any atom is -0.488 e. The highest BCUT2D eigenvalue weighted by atomic mass is 32.2. The highest BCUT2D eigenvalue weighted by molar-refractivity contribution is 7.91. The van der Waals surface area contributed by atoms with Crippen molar-refractivity contribution in [3.63, 3.8) is 0 Å². The molecule has 0 N–H and O–H groups in total. The van der Waals surface area contributed by atoms with Crippen LogP contribution < -0.4 is 18.9 Å². The van der Waals surface area contributed by atoms with Gasteiger partial charge in [0.2, 0.25) is 9.84 Å². The van der Waals surface area contributed by atoms with Crippen LogP contribution in [-0.4, -0.2) is 14.0 Å². The monoisotopic (exact) mass is 872 g/mol. The van der Waals surface area contributed by atoms with Gasteiger partial charge in [-0.3, -0.25) is 0 Å². The van der Waals surface area contributed by atoms with Gasteiger partial charge in [0.25, 0.3) is 0 Å². The molecule has 64 heavy (non-hydrogen) atoms. The van der Waals surface area contributed by atoms with E-state index in [4.69, 9.17) is 18.9 Å². The highest BCUT2D eigenvalue weighted by Gasteiger charge is 2.27. The molecule has 6 nitrogen and oxygen atoms in total. The van der Waals surface area contributed by atoms with Gasteiger partial charge < -0.3 is 18.9 Å². The van der Waals surface area contributed by atoms with E-state index in [0.29, 0.717) is 28.7 Å². The Balaban J connectivity index is 0.916. The number of rotatable bonds is 18. The number of hydrogen-bond acceptors (Lipinski definition) is 6. The van der Waals surface area contributed by atoms with Crippen molar-refractivity contribution < 1.29 is 27.4 Å². The van der Waals surface area contributed by atoms with Crippen LogP contribution in [0.4, 0.5) is 0 Å². The summed E-state index contributed by atoms with van der Waals surface area (Å²) in [7, 11) is -3.75. The van der Waals surface area contributed by atoms with E-state index < -0.39 is 9.84 Å². The Bertz CT molecular complexity index is 2700. The van der Waals surface area contributed by atoms with Crippen molar-refractivity contribution in [2.45, 2.75) is 107 Å². The zero-order chi connectivity index (χ0) is 45.5. The summed E-state index contributed by atoms with van der Waals surface area (Å²) >= 11 is 0. The van der Waals surface area contributed by atoms with Crippen LogP contribution in [0.2, 0.25) is 0 Å². The van der Waals surface area contributed by atoms with E-state index in [1.807, 2.05) is 72.8 Å². The first-order valence-electron chi connectivity index (χ1n) is 22.4. The molecule has 0 fully saturated rings. The molecule has 0 spiro atoms. The Morgan fingerprint density at radius 2 is 0.641 bits per heavy atom. The van der Waals surface area contributed by atoms with Gasteiger partial charge in [-0.05, 0) is 175 Å². The van der Waals surface area contributed by atoms with Crippen LogP contribution in [-0.2, 0) is 20.7 Å². The van der Waals surface area contributed by atoms with Crippen molar-refractivity contribution in [3.05, 3.63) is 187 Å². The molecule has 7 aromatic rings. The standard InChI is InChI=1S/C57H60O6S/c1-9-56(7,10-2)45-21-19-44(20-22-45)55(5,6)43-17-13-41(14-18-43)42-15-37-53(38-16-42)64(58,59)54-39-35-51(36-40-54)62-49-29-27-47(28-30-49)60-46-23-25-48(26-24-46)61-50-31-33-52(34-32-50)63-57(8,11-3)12-4/h13-40H,9-12H2,1-8H3. The van der Waals surface area contributed by atoms with Crippen molar-refractivity contribution in [2.24, 2.45) is 0 Å². The molecule has 0 unspecified atom stereocenters. The fraction of sp³-hybridized carbons (Fsp3) is 0.263. The van der Waals surface area contributed by atoms with E-state index in [-0.39, 0.29) is 26.2 Å². The molecule has 0 saturated heterocycles. The second-order valence-corrected chi connectivity index (χ2v) is 19.5. The minimum atomic E-state index is -3.75. The first kappa shape index (κ1) is 45.7. The second kappa shape index (κ2) is 19.2. The van der Waals surface area contributed by atoms with Gasteiger partial charge in [0.05, 0.1) is 9.79 Å². The number of benzene rings is 7. The van der Waals surface area contributed by atoms with Crippen molar-refractivity contribution >= 4 is 9.84 Å². The zero-order valence-electron chi connectivity index (χ0n) is 38.4. The van der Waals surface area contributed by atoms with Gasteiger partial charge in [0.15, 0.2) is 0 Å². The van der Waals surface area contributed by atoms with Crippen molar-refractivity contribution in [3.8, 4) is 51.4 Å². The van der Waals surface area contributed by atoms with Crippen molar-refractivity contribution in [2.75, 3.05) is 0 Å². The largest absolute Gasteiger partial charge is 0.488 e. The molecule has 0 amide bonds. The smallest absolute Gasteiger partial charge is 0.206 e. The van der Waals surface area contributed by atoms with Crippen LogP contribution in [0.15, 0.2) is 180 Å². The van der Waals surface area contributed by atoms with E-state index in [1.165, 1.54) is 16.7 Å². The predicted molar refractivity (Wildman–Crippen MR) is 259 cm³/mol. The summed E-state index contributed by atoms with van der Waals surface area (Å²) in [6.07, 6.45) is 4.09. The fourth-order valence-electron chi connectivity index (χ4n) is 7.66. The molecule has 0 aromatic heterocycles. The predicted octanol–water partition coefficient (Wildman–Crippen LogP) is 15.9. The van der Waals surface area contributed by atoms with E-state index in [2.05, 4.69) is 104 Å². The van der Waals surface area contributed by atoms with E-state index in [1.54, 1.807) is 48.5 Å². The Hall–Kier alpha value is -6.31.